The normalized spacial score (nSPS) is 10.6. The Labute approximate surface area is 106 Å². The average molecular weight is 270 g/mol. The molecule has 0 bridgehead atoms. The summed E-state index contributed by atoms with van der Waals surface area (Å²) in [4.78, 5) is 11.7. The third kappa shape index (κ3) is 2.79. The number of halogens is 3. The molecule has 0 aliphatic heterocycles. The fraction of sp³-hybridized carbons (Fsp3) is 0.154. The number of rotatable bonds is 4. The van der Waals surface area contributed by atoms with Crippen LogP contribution in [-0.2, 0) is 6.42 Å². The SMILES string of the molecule is O=C(CCc1ccsc1)c1cc(F)c(F)c(F)c1. The summed E-state index contributed by atoms with van der Waals surface area (Å²) in [5.41, 5.74) is 0.859. The largest absolute Gasteiger partial charge is 0.294 e. The van der Waals surface area contributed by atoms with E-state index in [2.05, 4.69) is 0 Å². The zero-order valence-electron chi connectivity index (χ0n) is 9.25. The topological polar surface area (TPSA) is 17.1 Å². The molecule has 0 unspecified atom stereocenters. The molecule has 0 aliphatic rings. The Balaban J connectivity index is 2.09. The first-order chi connectivity index (χ1) is 8.58. The highest BCUT2D eigenvalue weighted by Gasteiger charge is 2.14. The standard InChI is InChI=1S/C13H9F3OS/c14-10-5-9(6-11(15)13(10)16)12(17)2-1-8-3-4-18-7-8/h3-7H,1-2H2. The van der Waals surface area contributed by atoms with Crippen LogP contribution in [0.2, 0.25) is 0 Å². The van der Waals surface area contributed by atoms with Crippen LogP contribution in [0, 0.1) is 17.5 Å². The number of carbonyl (C=O) groups is 1. The minimum Gasteiger partial charge on any atom is -0.294 e. The molecule has 1 heterocycles. The summed E-state index contributed by atoms with van der Waals surface area (Å²) in [6.45, 7) is 0. The van der Waals surface area contributed by atoms with Crippen molar-refractivity contribution in [1.82, 2.24) is 0 Å². The summed E-state index contributed by atoms with van der Waals surface area (Å²) >= 11 is 1.51. The molecule has 0 fully saturated rings. The van der Waals surface area contributed by atoms with Gasteiger partial charge in [-0.3, -0.25) is 4.79 Å². The van der Waals surface area contributed by atoms with E-state index in [0.29, 0.717) is 6.42 Å². The van der Waals surface area contributed by atoms with Gasteiger partial charge in [0.1, 0.15) is 0 Å². The van der Waals surface area contributed by atoms with E-state index in [1.807, 2.05) is 16.8 Å². The number of aryl methyl sites for hydroxylation is 1. The van der Waals surface area contributed by atoms with Crippen molar-refractivity contribution in [3.05, 3.63) is 57.5 Å². The second-order valence-electron chi connectivity index (χ2n) is 3.81. The predicted octanol–water partition coefficient (Wildman–Crippen LogP) is 3.98. The van der Waals surface area contributed by atoms with E-state index in [1.54, 1.807) is 0 Å². The van der Waals surface area contributed by atoms with Crippen LogP contribution in [-0.4, -0.2) is 5.78 Å². The highest BCUT2D eigenvalue weighted by Crippen LogP contribution is 2.16. The Bertz CT molecular complexity index is 541. The van der Waals surface area contributed by atoms with E-state index in [0.717, 1.165) is 17.7 Å². The fourth-order valence-corrected chi connectivity index (χ4v) is 2.26. The molecule has 0 atom stereocenters. The first-order valence-electron chi connectivity index (χ1n) is 5.26. The molecule has 94 valence electrons. The minimum atomic E-state index is -1.55. The van der Waals surface area contributed by atoms with Gasteiger partial charge >= 0.3 is 0 Å². The van der Waals surface area contributed by atoms with Crippen LogP contribution in [0.15, 0.2) is 29.0 Å². The van der Waals surface area contributed by atoms with Crippen molar-refractivity contribution in [1.29, 1.82) is 0 Å². The number of hydrogen-bond acceptors (Lipinski definition) is 2. The molecule has 1 nitrogen and oxygen atoms in total. The molecule has 18 heavy (non-hydrogen) atoms. The fourth-order valence-electron chi connectivity index (χ4n) is 1.55. The molecule has 0 saturated heterocycles. The van der Waals surface area contributed by atoms with Crippen LogP contribution in [0.4, 0.5) is 13.2 Å². The Morgan fingerprint density at radius 2 is 1.83 bits per heavy atom. The van der Waals surface area contributed by atoms with Crippen molar-refractivity contribution in [3.8, 4) is 0 Å². The zero-order valence-corrected chi connectivity index (χ0v) is 10.1. The van der Waals surface area contributed by atoms with Crippen LogP contribution in [0.25, 0.3) is 0 Å². The Morgan fingerprint density at radius 1 is 1.17 bits per heavy atom. The summed E-state index contributed by atoms with van der Waals surface area (Å²) in [6, 6.07) is 3.34. The van der Waals surface area contributed by atoms with Gasteiger partial charge in [-0.1, -0.05) is 0 Å². The first kappa shape index (κ1) is 12.8. The van der Waals surface area contributed by atoms with Gasteiger partial charge in [-0.05, 0) is 40.9 Å². The summed E-state index contributed by atoms with van der Waals surface area (Å²) in [5, 5.41) is 3.79. The van der Waals surface area contributed by atoms with Crippen LogP contribution in [0.3, 0.4) is 0 Å². The third-order valence-electron chi connectivity index (χ3n) is 2.53. The lowest BCUT2D eigenvalue weighted by Gasteiger charge is -2.02. The molecular weight excluding hydrogens is 261 g/mol. The van der Waals surface area contributed by atoms with Crippen LogP contribution in [0.1, 0.15) is 22.3 Å². The number of ketones is 1. The van der Waals surface area contributed by atoms with Crippen molar-refractivity contribution in [2.75, 3.05) is 0 Å². The second kappa shape index (κ2) is 5.35. The lowest BCUT2D eigenvalue weighted by Crippen LogP contribution is -2.04. The van der Waals surface area contributed by atoms with Crippen molar-refractivity contribution in [2.24, 2.45) is 0 Å². The Hall–Kier alpha value is -1.62. The maximum absolute atomic E-state index is 12.9. The molecule has 0 N–H and O–H groups in total. The van der Waals surface area contributed by atoms with Crippen molar-refractivity contribution in [2.45, 2.75) is 12.8 Å². The molecule has 0 aliphatic carbocycles. The van der Waals surface area contributed by atoms with E-state index in [9.17, 15) is 18.0 Å². The summed E-state index contributed by atoms with van der Waals surface area (Å²) in [7, 11) is 0. The van der Waals surface area contributed by atoms with Gasteiger partial charge in [0.15, 0.2) is 23.2 Å². The number of thiophene rings is 1. The van der Waals surface area contributed by atoms with Crippen LogP contribution in [0.5, 0.6) is 0 Å². The van der Waals surface area contributed by atoms with Gasteiger partial charge in [0.05, 0.1) is 0 Å². The molecule has 2 rings (SSSR count). The molecule has 2 aromatic rings. The molecule has 0 spiro atoms. The Morgan fingerprint density at radius 3 is 2.39 bits per heavy atom. The molecule has 1 aromatic heterocycles. The van der Waals surface area contributed by atoms with E-state index >= 15 is 0 Å². The van der Waals surface area contributed by atoms with Gasteiger partial charge in [0.2, 0.25) is 0 Å². The van der Waals surface area contributed by atoms with Gasteiger partial charge in [-0.25, -0.2) is 13.2 Å². The summed E-state index contributed by atoms with van der Waals surface area (Å²) in [6.07, 6.45) is 0.643. The second-order valence-corrected chi connectivity index (χ2v) is 4.59. The smallest absolute Gasteiger partial charge is 0.194 e. The lowest BCUT2D eigenvalue weighted by atomic mass is 10.0. The number of carbonyl (C=O) groups excluding carboxylic acids is 1. The zero-order chi connectivity index (χ0) is 13.1. The molecule has 1 aromatic carbocycles. The monoisotopic (exact) mass is 270 g/mol. The van der Waals surface area contributed by atoms with E-state index in [1.165, 1.54) is 11.3 Å². The third-order valence-corrected chi connectivity index (χ3v) is 3.26. The van der Waals surface area contributed by atoms with Gasteiger partial charge in [0, 0.05) is 12.0 Å². The van der Waals surface area contributed by atoms with Crippen molar-refractivity contribution in [3.63, 3.8) is 0 Å². The highest BCUT2D eigenvalue weighted by molar-refractivity contribution is 7.07. The maximum atomic E-state index is 12.9. The summed E-state index contributed by atoms with van der Waals surface area (Å²) in [5.74, 6) is -4.63. The van der Waals surface area contributed by atoms with E-state index in [-0.39, 0.29) is 12.0 Å². The predicted molar refractivity (Wildman–Crippen MR) is 63.3 cm³/mol. The maximum Gasteiger partial charge on any atom is 0.194 e. The van der Waals surface area contributed by atoms with Gasteiger partial charge in [-0.15, -0.1) is 0 Å². The molecule has 0 radical (unpaired) electrons. The average Bonchev–Trinajstić information content (AvgIpc) is 2.85. The molecule has 0 saturated carbocycles. The van der Waals surface area contributed by atoms with Gasteiger partial charge in [-0.2, -0.15) is 11.3 Å². The highest BCUT2D eigenvalue weighted by atomic mass is 32.1. The van der Waals surface area contributed by atoms with Crippen molar-refractivity contribution >= 4 is 17.1 Å². The van der Waals surface area contributed by atoms with Crippen molar-refractivity contribution < 1.29 is 18.0 Å². The molecule has 5 heteroatoms. The van der Waals surface area contributed by atoms with Gasteiger partial charge < -0.3 is 0 Å². The summed E-state index contributed by atoms with van der Waals surface area (Å²) < 4.78 is 38.6. The van der Waals surface area contributed by atoms with E-state index in [4.69, 9.17) is 0 Å². The first-order valence-corrected chi connectivity index (χ1v) is 6.21. The van der Waals surface area contributed by atoms with Gasteiger partial charge in [0.25, 0.3) is 0 Å². The van der Waals surface area contributed by atoms with Crippen LogP contribution < -0.4 is 0 Å². The number of Topliss-reactive ketones (excluding diaryl/α,β-unsaturated/α-hetero) is 1. The number of hydrogen-bond donors (Lipinski definition) is 0. The Kier molecular flexibility index (Phi) is 3.81. The lowest BCUT2D eigenvalue weighted by molar-refractivity contribution is 0.0981. The molecule has 0 amide bonds. The quantitative estimate of drug-likeness (QED) is 0.606. The number of benzene rings is 1. The van der Waals surface area contributed by atoms with E-state index < -0.39 is 23.2 Å². The van der Waals surface area contributed by atoms with Crippen LogP contribution >= 0.6 is 11.3 Å². The minimum absolute atomic E-state index is 0.137. The molecular formula is C13H9F3OS.